The van der Waals surface area contributed by atoms with Gasteiger partial charge in [0.25, 0.3) is 0 Å². The Morgan fingerprint density at radius 3 is 1.96 bits per heavy atom. The highest BCUT2D eigenvalue weighted by atomic mass is 16.6. The first-order valence-corrected chi connectivity index (χ1v) is 7.92. The maximum absolute atomic E-state index is 12.4. The van der Waals surface area contributed by atoms with Gasteiger partial charge < -0.3 is 20.5 Å². The number of amides is 1. The van der Waals surface area contributed by atoms with Crippen molar-refractivity contribution in [3.8, 4) is 0 Å². The predicted molar refractivity (Wildman–Crippen MR) is 93.6 cm³/mol. The van der Waals surface area contributed by atoms with Gasteiger partial charge in [0.1, 0.15) is 17.2 Å². The van der Waals surface area contributed by atoms with Crippen LogP contribution in [-0.2, 0) is 20.7 Å². The molecular formula is C18H28N2O4. The van der Waals surface area contributed by atoms with Crippen molar-refractivity contribution >= 4 is 17.7 Å². The minimum absolute atomic E-state index is 0.286. The number of rotatable bonds is 4. The summed E-state index contributed by atoms with van der Waals surface area (Å²) in [5.41, 5.74) is 5.86. The van der Waals surface area contributed by atoms with E-state index < -0.39 is 29.3 Å². The number of nitrogens with one attached hydrogen (secondary N) is 1. The number of benzene rings is 1. The standard InChI is InChI=1S/C18H28N2O4/c1-17(2,3)23-15(21)14(20-16(22)24-18(4,5)6)11-12-7-9-13(19)10-8-12/h7-10,14H,11,19H2,1-6H3,(H,20,22). The van der Waals surface area contributed by atoms with Crippen molar-refractivity contribution in [2.75, 3.05) is 5.73 Å². The topological polar surface area (TPSA) is 90.6 Å². The first kappa shape index (κ1) is 19.8. The summed E-state index contributed by atoms with van der Waals surface area (Å²) >= 11 is 0. The highest BCUT2D eigenvalue weighted by Gasteiger charge is 2.28. The third kappa shape index (κ3) is 7.85. The van der Waals surface area contributed by atoms with Crippen LogP contribution in [0.25, 0.3) is 0 Å². The van der Waals surface area contributed by atoms with Gasteiger partial charge in [-0.3, -0.25) is 0 Å². The third-order valence-corrected chi connectivity index (χ3v) is 2.80. The molecule has 1 amide bonds. The van der Waals surface area contributed by atoms with Crippen molar-refractivity contribution in [1.82, 2.24) is 5.32 Å². The second kappa shape index (κ2) is 7.55. The molecule has 0 saturated heterocycles. The maximum atomic E-state index is 12.4. The molecule has 0 aliphatic rings. The molecule has 6 heteroatoms. The third-order valence-electron chi connectivity index (χ3n) is 2.80. The normalized spacial score (nSPS) is 13.1. The number of carbonyl (C=O) groups is 2. The minimum Gasteiger partial charge on any atom is -0.458 e. The van der Waals surface area contributed by atoms with Gasteiger partial charge in [0.05, 0.1) is 0 Å². The lowest BCUT2D eigenvalue weighted by atomic mass is 10.1. The average Bonchev–Trinajstić information content (AvgIpc) is 2.36. The van der Waals surface area contributed by atoms with E-state index in [4.69, 9.17) is 15.2 Å². The Labute approximate surface area is 143 Å². The summed E-state index contributed by atoms with van der Waals surface area (Å²) in [6, 6.07) is 6.26. The number of alkyl carbamates (subject to hydrolysis) is 1. The van der Waals surface area contributed by atoms with Crippen molar-refractivity contribution in [3.63, 3.8) is 0 Å². The zero-order chi connectivity index (χ0) is 18.5. The number of hydrogen-bond acceptors (Lipinski definition) is 5. The Balaban J connectivity index is 2.88. The van der Waals surface area contributed by atoms with Gasteiger partial charge in [-0.1, -0.05) is 12.1 Å². The number of carbonyl (C=O) groups excluding carboxylic acids is 2. The molecule has 1 unspecified atom stereocenters. The van der Waals surface area contributed by atoms with Crippen molar-refractivity contribution in [2.24, 2.45) is 0 Å². The molecule has 1 rings (SSSR count). The smallest absolute Gasteiger partial charge is 0.408 e. The zero-order valence-corrected chi connectivity index (χ0v) is 15.3. The molecule has 6 nitrogen and oxygen atoms in total. The fourth-order valence-corrected chi connectivity index (χ4v) is 1.91. The van der Waals surface area contributed by atoms with Crippen LogP contribution < -0.4 is 11.1 Å². The van der Waals surface area contributed by atoms with Crippen LogP contribution in [0.2, 0.25) is 0 Å². The molecule has 0 aromatic heterocycles. The van der Waals surface area contributed by atoms with Crippen LogP contribution in [0.15, 0.2) is 24.3 Å². The number of nitrogens with two attached hydrogens (primary N) is 1. The molecule has 0 saturated carbocycles. The van der Waals surface area contributed by atoms with Crippen molar-refractivity contribution in [1.29, 1.82) is 0 Å². The summed E-state index contributed by atoms with van der Waals surface area (Å²) in [6.07, 6.45) is -0.372. The second-order valence-electron chi connectivity index (χ2n) is 7.68. The van der Waals surface area contributed by atoms with E-state index in [0.29, 0.717) is 5.69 Å². The highest BCUT2D eigenvalue weighted by Crippen LogP contribution is 2.14. The van der Waals surface area contributed by atoms with Crippen LogP contribution in [0.3, 0.4) is 0 Å². The Morgan fingerprint density at radius 2 is 1.50 bits per heavy atom. The quantitative estimate of drug-likeness (QED) is 0.651. The highest BCUT2D eigenvalue weighted by molar-refractivity contribution is 5.82. The predicted octanol–water partition coefficient (Wildman–Crippen LogP) is 3.05. The van der Waals surface area contributed by atoms with E-state index in [2.05, 4.69) is 5.32 Å². The molecular weight excluding hydrogens is 308 g/mol. The number of ether oxygens (including phenoxy) is 2. The lowest BCUT2D eigenvalue weighted by Gasteiger charge is -2.26. The number of nitrogen functional groups attached to an aromatic ring is 1. The maximum Gasteiger partial charge on any atom is 0.408 e. The Hall–Kier alpha value is -2.24. The van der Waals surface area contributed by atoms with Crippen LogP contribution in [0.1, 0.15) is 47.1 Å². The Kier molecular flexibility index (Phi) is 6.23. The fraction of sp³-hybridized carbons (Fsp3) is 0.556. The Morgan fingerprint density at radius 1 is 1.00 bits per heavy atom. The van der Waals surface area contributed by atoms with Crippen LogP contribution in [0.4, 0.5) is 10.5 Å². The van der Waals surface area contributed by atoms with Crippen LogP contribution in [0.5, 0.6) is 0 Å². The minimum atomic E-state index is -0.845. The molecule has 0 bridgehead atoms. The summed E-state index contributed by atoms with van der Waals surface area (Å²) in [7, 11) is 0. The van der Waals surface area contributed by atoms with Crippen molar-refractivity contribution in [2.45, 2.75) is 65.2 Å². The molecule has 3 N–H and O–H groups in total. The molecule has 24 heavy (non-hydrogen) atoms. The molecule has 1 aromatic carbocycles. The van der Waals surface area contributed by atoms with Gasteiger partial charge in [-0.15, -0.1) is 0 Å². The fourth-order valence-electron chi connectivity index (χ4n) is 1.91. The van der Waals surface area contributed by atoms with E-state index in [0.717, 1.165) is 5.56 Å². The van der Waals surface area contributed by atoms with E-state index >= 15 is 0 Å². The number of hydrogen-bond donors (Lipinski definition) is 2. The number of anilines is 1. The van der Waals surface area contributed by atoms with Crippen molar-refractivity contribution in [3.05, 3.63) is 29.8 Å². The summed E-state index contributed by atoms with van der Waals surface area (Å²) in [5.74, 6) is -0.509. The first-order chi connectivity index (χ1) is 10.9. The molecule has 1 aromatic rings. The monoisotopic (exact) mass is 336 g/mol. The van der Waals surface area contributed by atoms with Crippen LogP contribution in [-0.4, -0.2) is 29.3 Å². The van der Waals surface area contributed by atoms with Gasteiger partial charge in [0.2, 0.25) is 0 Å². The van der Waals surface area contributed by atoms with Crippen molar-refractivity contribution < 1.29 is 19.1 Å². The molecule has 134 valence electrons. The summed E-state index contributed by atoms with van der Waals surface area (Å²) in [4.78, 5) is 24.4. The Bertz CT molecular complexity index is 568. The second-order valence-corrected chi connectivity index (χ2v) is 7.68. The first-order valence-electron chi connectivity index (χ1n) is 7.92. The molecule has 0 aliphatic carbocycles. The summed E-state index contributed by atoms with van der Waals surface area (Å²) in [5, 5.41) is 2.59. The molecule has 0 aliphatic heterocycles. The van der Waals surface area contributed by atoms with E-state index in [1.54, 1.807) is 53.7 Å². The molecule has 0 spiro atoms. The lowest BCUT2D eigenvalue weighted by molar-refractivity contribution is -0.157. The number of esters is 1. The molecule has 0 fully saturated rings. The van der Waals surface area contributed by atoms with E-state index in [1.165, 1.54) is 0 Å². The van der Waals surface area contributed by atoms with Gasteiger partial charge in [-0.2, -0.15) is 0 Å². The van der Waals surface area contributed by atoms with Crippen LogP contribution >= 0.6 is 0 Å². The molecule has 0 radical (unpaired) electrons. The molecule has 0 heterocycles. The van der Waals surface area contributed by atoms with Gasteiger partial charge >= 0.3 is 12.1 Å². The lowest BCUT2D eigenvalue weighted by Crippen LogP contribution is -2.47. The largest absolute Gasteiger partial charge is 0.458 e. The summed E-state index contributed by atoms with van der Waals surface area (Å²) in [6.45, 7) is 10.6. The van der Waals surface area contributed by atoms with Crippen LogP contribution in [0, 0.1) is 0 Å². The zero-order valence-electron chi connectivity index (χ0n) is 15.3. The van der Waals surface area contributed by atoms with Gasteiger partial charge in [-0.05, 0) is 59.2 Å². The van der Waals surface area contributed by atoms with E-state index in [1.807, 2.05) is 12.1 Å². The van der Waals surface area contributed by atoms with Gasteiger partial charge in [-0.25, -0.2) is 9.59 Å². The van der Waals surface area contributed by atoms with E-state index in [-0.39, 0.29) is 6.42 Å². The summed E-state index contributed by atoms with van der Waals surface area (Å²) < 4.78 is 10.6. The SMILES string of the molecule is CC(C)(C)OC(=O)NC(Cc1ccc(N)cc1)C(=O)OC(C)(C)C. The molecule has 1 atom stereocenters. The van der Waals surface area contributed by atoms with Gasteiger partial charge in [0, 0.05) is 12.1 Å². The van der Waals surface area contributed by atoms with Gasteiger partial charge in [0.15, 0.2) is 0 Å². The van der Waals surface area contributed by atoms with E-state index in [9.17, 15) is 9.59 Å². The average molecular weight is 336 g/mol.